The number of ether oxygens (including phenoxy) is 1. The lowest BCUT2D eigenvalue weighted by molar-refractivity contribution is 0.0932. The van der Waals surface area contributed by atoms with Gasteiger partial charge in [0.25, 0.3) is 5.91 Å². The minimum absolute atomic E-state index is 0.225. The van der Waals surface area contributed by atoms with Gasteiger partial charge in [-0.2, -0.15) is 0 Å². The number of methoxy groups -OCH3 is 1. The molecule has 0 unspecified atom stereocenters. The number of amides is 1. The number of hydrogen-bond acceptors (Lipinski definition) is 5. The van der Waals surface area contributed by atoms with E-state index in [9.17, 15) is 4.79 Å². The van der Waals surface area contributed by atoms with Crippen molar-refractivity contribution in [2.45, 2.75) is 12.8 Å². The summed E-state index contributed by atoms with van der Waals surface area (Å²) in [6, 6.07) is 11.9. The maximum absolute atomic E-state index is 11.9. The largest absolute Gasteiger partial charge is 0.383 e. The van der Waals surface area contributed by atoms with Crippen LogP contribution in [0, 0.1) is 0 Å². The molecule has 1 aromatic heterocycles. The zero-order valence-electron chi connectivity index (χ0n) is 13.3. The maximum atomic E-state index is 11.9. The van der Waals surface area contributed by atoms with Gasteiger partial charge >= 0.3 is 0 Å². The monoisotopic (exact) mass is 314 g/mol. The van der Waals surface area contributed by atoms with Crippen molar-refractivity contribution in [3.8, 4) is 0 Å². The number of carbonyl (C=O) groups is 1. The topological polar surface area (TPSA) is 76.1 Å². The Hall–Kier alpha value is -2.47. The molecular formula is C17H22N4O2. The second-order valence-electron chi connectivity index (χ2n) is 5.03. The highest BCUT2D eigenvalue weighted by molar-refractivity contribution is 5.92. The quantitative estimate of drug-likeness (QED) is 0.691. The number of rotatable bonds is 9. The summed E-state index contributed by atoms with van der Waals surface area (Å²) < 4.78 is 4.89. The first kappa shape index (κ1) is 16.9. The van der Waals surface area contributed by atoms with Gasteiger partial charge in [-0.3, -0.25) is 4.79 Å². The molecule has 0 aliphatic heterocycles. The SMILES string of the molecule is COCCNC(=O)c1ccnc(NCCCc2ccccc2)n1. The van der Waals surface area contributed by atoms with Crippen LogP contribution in [0.3, 0.4) is 0 Å². The van der Waals surface area contributed by atoms with Crippen molar-refractivity contribution >= 4 is 11.9 Å². The summed E-state index contributed by atoms with van der Waals surface area (Å²) in [5.41, 5.74) is 1.66. The molecule has 0 saturated heterocycles. The van der Waals surface area contributed by atoms with E-state index in [4.69, 9.17) is 4.74 Å². The molecule has 6 nitrogen and oxygen atoms in total. The van der Waals surface area contributed by atoms with Crippen LogP contribution in [0.5, 0.6) is 0 Å². The first-order chi connectivity index (χ1) is 11.3. The molecule has 122 valence electrons. The molecule has 0 aliphatic rings. The zero-order valence-corrected chi connectivity index (χ0v) is 13.3. The van der Waals surface area contributed by atoms with Gasteiger partial charge in [-0.15, -0.1) is 0 Å². The number of benzene rings is 1. The van der Waals surface area contributed by atoms with E-state index in [2.05, 4.69) is 32.7 Å². The lowest BCUT2D eigenvalue weighted by Gasteiger charge is -2.07. The van der Waals surface area contributed by atoms with Crippen LogP contribution in [0.15, 0.2) is 42.6 Å². The van der Waals surface area contributed by atoms with Crippen LogP contribution in [-0.4, -0.2) is 42.7 Å². The zero-order chi connectivity index (χ0) is 16.3. The highest BCUT2D eigenvalue weighted by Gasteiger charge is 2.07. The Kier molecular flexibility index (Phi) is 7.00. The molecular weight excluding hydrogens is 292 g/mol. The Balaban J connectivity index is 1.77. The van der Waals surface area contributed by atoms with Crippen molar-refractivity contribution in [2.75, 3.05) is 32.1 Å². The van der Waals surface area contributed by atoms with E-state index in [0.29, 0.717) is 24.8 Å². The molecule has 2 aromatic rings. The summed E-state index contributed by atoms with van der Waals surface area (Å²) in [4.78, 5) is 20.3. The van der Waals surface area contributed by atoms with Crippen LogP contribution in [0.1, 0.15) is 22.5 Å². The number of aromatic nitrogens is 2. The Morgan fingerprint density at radius 3 is 2.78 bits per heavy atom. The van der Waals surface area contributed by atoms with Crippen molar-refractivity contribution in [1.29, 1.82) is 0 Å². The van der Waals surface area contributed by atoms with Crippen LogP contribution in [0.2, 0.25) is 0 Å². The number of hydrogen-bond donors (Lipinski definition) is 2. The Bertz CT molecular complexity index is 605. The Morgan fingerprint density at radius 2 is 2.00 bits per heavy atom. The number of carbonyl (C=O) groups excluding carboxylic acids is 1. The summed E-state index contributed by atoms with van der Waals surface area (Å²) in [6.45, 7) is 1.68. The molecule has 2 N–H and O–H groups in total. The van der Waals surface area contributed by atoms with E-state index in [-0.39, 0.29) is 5.91 Å². The molecule has 0 fully saturated rings. The first-order valence-electron chi connectivity index (χ1n) is 7.67. The number of nitrogens with zero attached hydrogens (tertiary/aromatic N) is 2. The van der Waals surface area contributed by atoms with Gasteiger partial charge in [0.1, 0.15) is 5.69 Å². The molecule has 0 spiro atoms. The van der Waals surface area contributed by atoms with Crippen molar-refractivity contribution in [2.24, 2.45) is 0 Å². The van der Waals surface area contributed by atoms with E-state index < -0.39 is 0 Å². The Labute approximate surface area is 136 Å². The molecule has 0 radical (unpaired) electrons. The van der Waals surface area contributed by atoms with Gasteiger partial charge in [0.2, 0.25) is 5.95 Å². The third kappa shape index (κ3) is 6.04. The molecule has 1 heterocycles. The molecule has 0 saturated carbocycles. The fourth-order valence-corrected chi connectivity index (χ4v) is 2.06. The second-order valence-corrected chi connectivity index (χ2v) is 5.03. The third-order valence-corrected chi connectivity index (χ3v) is 3.25. The third-order valence-electron chi connectivity index (χ3n) is 3.25. The maximum Gasteiger partial charge on any atom is 0.270 e. The summed E-state index contributed by atoms with van der Waals surface area (Å²) >= 11 is 0. The molecule has 0 atom stereocenters. The standard InChI is InChI=1S/C17H22N4O2/c1-23-13-12-18-16(22)15-9-11-20-17(21-15)19-10-5-8-14-6-3-2-4-7-14/h2-4,6-7,9,11H,5,8,10,12-13H2,1H3,(H,18,22)(H,19,20,21). The van der Waals surface area contributed by atoms with Crippen molar-refractivity contribution in [3.63, 3.8) is 0 Å². The number of nitrogens with one attached hydrogen (secondary N) is 2. The minimum Gasteiger partial charge on any atom is -0.383 e. The van der Waals surface area contributed by atoms with E-state index >= 15 is 0 Å². The van der Waals surface area contributed by atoms with Gasteiger partial charge in [0.05, 0.1) is 6.61 Å². The van der Waals surface area contributed by atoms with E-state index in [0.717, 1.165) is 19.4 Å². The van der Waals surface area contributed by atoms with Gasteiger partial charge in [0, 0.05) is 26.4 Å². The van der Waals surface area contributed by atoms with Crippen LogP contribution in [0.25, 0.3) is 0 Å². The van der Waals surface area contributed by atoms with E-state index in [1.54, 1.807) is 19.4 Å². The van der Waals surface area contributed by atoms with Crippen LogP contribution in [0.4, 0.5) is 5.95 Å². The molecule has 6 heteroatoms. The minimum atomic E-state index is -0.225. The summed E-state index contributed by atoms with van der Waals surface area (Å²) in [5.74, 6) is 0.245. The van der Waals surface area contributed by atoms with E-state index in [1.807, 2.05) is 18.2 Å². The fraction of sp³-hybridized carbons (Fsp3) is 0.353. The van der Waals surface area contributed by atoms with Crippen LogP contribution >= 0.6 is 0 Å². The smallest absolute Gasteiger partial charge is 0.270 e. The average Bonchev–Trinajstić information content (AvgIpc) is 2.60. The van der Waals surface area contributed by atoms with E-state index in [1.165, 1.54) is 5.56 Å². The van der Waals surface area contributed by atoms with Crippen LogP contribution in [-0.2, 0) is 11.2 Å². The summed E-state index contributed by atoms with van der Waals surface area (Å²) in [6.07, 6.45) is 3.54. The fourth-order valence-electron chi connectivity index (χ4n) is 2.06. The predicted octanol–water partition coefficient (Wildman–Crippen LogP) is 1.90. The molecule has 23 heavy (non-hydrogen) atoms. The van der Waals surface area contributed by atoms with Gasteiger partial charge in [0.15, 0.2) is 0 Å². The highest BCUT2D eigenvalue weighted by Crippen LogP contribution is 2.04. The molecule has 0 aliphatic carbocycles. The summed E-state index contributed by atoms with van der Waals surface area (Å²) in [5, 5.41) is 5.88. The summed E-state index contributed by atoms with van der Waals surface area (Å²) in [7, 11) is 1.59. The predicted molar refractivity (Wildman–Crippen MR) is 89.5 cm³/mol. The molecule has 1 aromatic carbocycles. The molecule has 1 amide bonds. The molecule has 0 bridgehead atoms. The van der Waals surface area contributed by atoms with Gasteiger partial charge in [-0.05, 0) is 24.5 Å². The highest BCUT2D eigenvalue weighted by atomic mass is 16.5. The van der Waals surface area contributed by atoms with Crippen molar-refractivity contribution in [3.05, 3.63) is 53.9 Å². The van der Waals surface area contributed by atoms with Crippen LogP contribution < -0.4 is 10.6 Å². The van der Waals surface area contributed by atoms with Gasteiger partial charge in [-0.1, -0.05) is 30.3 Å². The number of anilines is 1. The van der Waals surface area contributed by atoms with Gasteiger partial charge < -0.3 is 15.4 Å². The Morgan fingerprint density at radius 1 is 1.17 bits per heavy atom. The second kappa shape index (κ2) is 9.53. The van der Waals surface area contributed by atoms with Crippen molar-refractivity contribution < 1.29 is 9.53 Å². The molecule has 2 rings (SSSR count). The lowest BCUT2D eigenvalue weighted by atomic mass is 10.1. The normalized spacial score (nSPS) is 10.3. The average molecular weight is 314 g/mol. The van der Waals surface area contributed by atoms with Gasteiger partial charge in [-0.25, -0.2) is 9.97 Å². The van der Waals surface area contributed by atoms with Crippen molar-refractivity contribution in [1.82, 2.24) is 15.3 Å². The first-order valence-corrected chi connectivity index (χ1v) is 7.67. The number of aryl methyl sites for hydroxylation is 1. The lowest BCUT2D eigenvalue weighted by Crippen LogP contribution is -2.28.